The third-order valence-corrected chi connectivity index (χ3v) is 3.17. The zero-order valence-electron chi connectivity index (χ0n) is 13.8. The van der Waals surface area contributed by atoms with E-state index in [1.54, 1.807) is 30.5 Å². The van der Waals surface area contributed by atoms with Crippen molar-refractivity contribution in [1.82, 2.24) is 0 Å². The lowest BCUT2D eigenvalue weighted by Crippen LogP contribution is -2.29. The largest absolute Gasteiger partial charge is 0.478 e. The van der Waals surface area contributed by atoms with E-state index in [2.05, 4.69) is 5.16 Å². The predicted octanol–water partition coefficient (Wildman–Crippen LogP) is 3.52. The number of benzene rings is 2. The van der Waals surface area contributed by atoms with Gasteiger partial charge < -0.3 is 14.7 Å². The molecule has 1 N–H and O–H groups in total. The number of oxime groups is 1. The first kappa shape index (κ1) is 17.5. The second kappa shape index (κ2) is 8.72. The maximum absolute atomic E-state index is 11.4. The van der Waals surface area contributed by atoms with Crippen LogP contribution in [0.25, 0.3) is 0 Å². The van der Waals surface area contributed by atoms with Crippen LogP contribution in [0.4, 0.5) is 0 Å². The highest BCUT2D eigenvalue weighted by atomic mass is 16.6. The summed E-state index contributed by atoms with van der Waals surface area (Å²) >= 11 is 0. The van der Waals surface area contributed by atoms with Crippen LogP contribution in [0.1, 0.15) is 25.0 Å². The summed E-state index contributed by atoms with van der Waals surface area (Å²) in [7, 11) is 0. The maximum Gasteiger partial charge on any atom is 0.345 e. The Morgan fingerprint density at radius 1 is 1.12 bits per heavy atom. The smallest absolute Gasteiger partial charge is 0.345 e. The Morgan fingerprint density at radius 3 is 2.38 bits per heavy atom. The molecule has 0 spiro atoms. The molecule has 1 unspecified atom stereocenters. The monoisotopic (exact) mass is 327 g/mol. The lowest BCUT2D eigenvalue weighted by atomic mass is 10.1. The molecule has 0 aliphatic carbocycles. The molecule has 2 rings (SSSR count). The Bertz CT molecular complexity index is 666. The van der Waals surface area contributed by atoms with Crippen molar-refractivity contribution in [3.63, 3.8) is 0 Å². The van der Waals surface area contributed by atoms with E-state index in [0.29, 0.717) is 12.2 Å². The third kappa shape index (κ3) is 5.76. The molecule has 24 heavy (non-hydrogen) atoms. The van der Waals surface area contributed by atoms with Crippen molar-refractivity contribution in [2.45, 2.75) is 32.5 Å². The third-order valence-electron chi connectivity index (χ3n) is 3.17. The van der Waals surface area contributed by atoms with Crippen LogP contribution >= 0.6 is 0 Å². The Balaban J connectivity index is 1.99. The standard InChI is InChI=1S/C19H21NO4/c1-14(2)24-20-13-16-8-10-17(11-9-16)23-18(19(21)22)12-15-6-4-3-5-7-15/h3-11,13-14,18H,12H2,1-2H3,(H,21,22)/b20-13+. The summed E-state index contributed by atoms with van der Waals surface area (Å²) in [6.07, 6.45) is 0.999. The van der Waals surface area contributed by atoms with Gasteiger partial charge in [-0.2, -0.15) is 0 Å². The van der Waals surface area contributed by atoms with Gasteiger partial charge in [-0.15, -0.1) is 0 Å². The number of carboxylic acid groups (broad SMARTS) is 1. The van der Waals surface area contributed by atoms with Crippen LogP contribution in [-0.2, 0) is 16.1 Å². The van der Waals surface area contributed by atoms with E-state index < -0.39 is 12.1 Å². The van der Waals surface area contributed by atoms with Crippen LogP contribution in [0.2, 0.25) is 0 Å². The molecule has 1 atom stereocenters. The molecule has 5 heteroatoms. The lowest BCUT2D eigenvalue weighted by molar-refractivity contribution is -0.145. The van der Waals surface area contributed by atoms with Gasteiger partial charge in [-0.3, -0.25) is 0 Å². The lowest BCUT2D eigenvalue weighted by Gasteiger charge is -2.15. The zero-order valence-corrected chi connectivity index (χ0v) is 13.8. The van der Waals surface area contributed by atoms with E-state index in [4.69, 9.17) is 9.57 Å². The SMILES string of the molecule is CC(C)O/N=C/c1ccc(OC(Cc2ccccc2)C(=O)O)cc1. The molecule has 2 aromatic rings. The number of carbonyl (C=O) groups is 1. The van der Waals surface area contributed by atoms with Gasteiger partial charge in [0.05, 0.1) is 6.21 Å². The van der Waals surface area contributed by atoms with E-state index in [0.717, 1.165) is 11.1 Å². The summed E-state index contributed by atoms with van der Waals surface area (Å²) in [4.78, 5) is 16.5. The van der Waals surface area contributed by atoms with Crippen LogP contribution in [0.3, 0.4) is 0 Å². The molecule has 0 aliphatic heterocycles. The fourth-order valence-electron chi connectivity index (χ4n) is 2.02. The summed E-state index contributed by atoms with van der Waals surface area (Å²) in [5, 5.41) is 13.2. The quantitative estimate of drug-likeness (QED) is 0.595. The number of hydrogen-bond acceptors (Lipinski definition) is 4. The van der Waals surface area contributed by atoms with E-state index >= 15 is 0 Å². The van der Waals surface area contributed by atoms with Gasteiger partial charge in [0.25, 0.3) is 0 Å². The van der Waals surface area contributed by atoms with Crippen LogP contribution in [-0.4, -0.2) is 29.5 Å². The molecule has 0 heterocycles. The average molecular weight is 327 g/mol. The summed E-state index contributed by atoms with van der Waals surface area (Å²) in [6.45, 7) is 3.79. The van der Waals surface area contributed by atoms with Crippen molar-refractivity contribution >= 4 is 12.2 Å². The van der Waals surface area contributed by atoms with E-state index in [1.165, 1.54) is 0 Å². The summed E-state index contributed by atoms with van der Waals surface area (Å²) < 4.78 is 5.60. The minimum atomic E-state index is -0.991. The normalized spacial score (nSPS) is 12.3. The Hall–Kier alpha value is -2.82. The molecule has 0 aromatic heterocycles. The number of aliphatic carboxylic acids is 1. The summed E-state index contributed by atoms with van der Waals surface area (Å²) in [6, 6.07) is 16.4. The van der Waals surface area contributed by atoms with E-state index in [9.17, 15) is 9.90 Å². The van der Waals surface area contributed by atoms with Crippen LogP contribution < -0.4 is 4.74 Å². The fraction of sp³-hybridized carbons (Fsp3) is 0.263. The van der Waals surface area contributed by atoms with Gasteiger partial charge in [0.15, 0.2) is 6.10 Å². The maximum atomic E-state index is 11.4. The number of nitrogens with zero attached hydrogens (tertiary/aromatic N) is 1. The molecular weight excluding hydrogens is 306 g/mol. The molecule has 0 radical (unpaired) electrons. The van der Waals surface area contributed by atoms with Crippen molar-refractivity contribution in [2.75, 3.05) is 0 Å². The topological polar surface area (TPSA) is 68.1 Å². The minimum Gasteiger partial charge on any atom is -0.478 e. The molecular formula is C19H21NO4. The first-order chi connectivity index (χ1) is 11.5. The summed E-state index contributed by atoms with van der Waals surface area (Å²) in [5.74, 6) is -0.491. The molecule has 2 aromatic carbocycles. The number of ether oxygens (including phenoxy) is 1. The molecule has 0 bridgehead atoms. The van der Waals surface area contributed by atoms with Gasteiger partial charge in [-0.05, 0) is 49.2 Å². The van der Waals surface area contributed by atoms with Crippen molar-refractivity contribution in [1.29, 1.82) is 0 Å². The van der Waals surface area contributed by atoms with Crippen molar-refractivity contribution < 1.29 is 19.5 Å². The van der Waals surface area contributed by atoms with E-state index in [1.807, 2.05) is 44.2 Å². The van der Waals surface area contributed by atoms with Gasteiger partial charge in [-0.25, -0.2) is 4.79 Å². The number of hydrogen-bond donors (Lipinski definition) is 1. The van der Waals surface area contributed by atoms with Crippen molar-refractivity contribution in [2.24, 2.45) is 5.16 Å². The summed E-state index contributed by atoms with van der Waals surface area (Å²) in [5.41, 5.74) is 1.76. The Kier molecular flexibility index (Phi) is 6.37. The second-order valence-corrected chi connectivity index (χ2v) is 5.59. The van der Waals surface area contributed by atoms with Crippen LogP contribution in [0.5, 0.6) is 5.75 Å². The highest BCUT2D eigenvalue weighted by molar-refractivity contribution is 5.79. The van der Waals surface area contributed by atoms with E-state index in [-0.39, 0.29) is 6.10 Å². The van der Waals surface area contributed by atoms with Crippen molar-refractivity contribution in [3.8, 4) is 5.75 Å². The predicted molar refractivity (Wildman–Crippen MR) is 92.5 cm³/mol. The molecule has 0 fully saturated rings. The average Bonchev–Trinajstić information content (AvgIpc) is 2.56. The first-order valence-corrected chi connectivity index (χ1v) is 7.77. The molecule has 5 nitrogen and oxygen atoms in total. The zero-order chi connectivity index (χ0) is 17.4. The van der Waals surface area contributed by atoms with Gasteiger partial charge in [-0.1, -0.05) is 35.5 Å². The molecule has 0 saturated heterocycles. The van der Waals surface area contributed by atoms with Gasteiger partial charge in [0.1, 0.15) is 11.9 Å². The van der Waals surface area contributed by atoms with Gasteiger partial charge >= 0.3 is 5.97 Å². The number of rotatable bonds is 8. The van der Waals surface area contributed by atoms with Crippen LogP contribution in [0.15, 0.2) is 59.8 Å². The molecule has 0 aliphatic rings. The molecule has 0 amide bonds. The molecule has 126 valence electrons. The fourth-order valence-corrected chi connectivity index (χ4v) is 2.02. The Morgan fingerprint density at radius 2 is 1.79 bits per heavy atom. The first-order valence-electron chi connectivity index (χ1n) is 7.77. The second-order valence-electron chi connectivity index (χ2n) is 5.59. The van der Waals surface area contributed by atoms with Gasteiger partial charge in [0, 0.05) is 6.42 Å². The minimum absolute atomic E-state index is 0.0261. The highest BCUT2D eigenvalue weighted by Gasteiger charge is 2.19. The van der Waals surface area contributed by atoms with Crippen molar-refractivity contribution in [3.05, 3.63) is 65.7 Å². The molecule has 0 saturated carbocycles. The highest BCUT2D eigenvalue weighted by Crippen LogP contribution is 2.16. The number of carboxylic acids is 1. The van der Waals surface area contributed by atoms with Gasteiger partial charge in [0.2, 0.25) is 0 Å². The Labute approximate surface area is 141 Å². The van der Waals surface area contributed by atoms with Crippen LogP contribution in [0, 0.1) is 0 Å².